The fourth-order valence-electron chi connectivity index (χ4n) is 2.16. The largest absolute Gasteiger partial charge is 0.329 e. The van der Waals surface area contributed by atoms with Crippen molar-refractivity contribution in [3.05, 3.63) is 51.5 Å². The number of aromatic nitrogens is 1. The van der Waals surface area contributed by atoms with Crippen LogP contribution in [0.2, 0.25) is 0 Å². The number of hydrogen-bond donors (Lipinski definition) is 1. The van der Waals surface area contributed by atoms with Gasteiger partial charge in [-0.2, -0.15) is 0 Å². The standard InChI is InChI=1S/C15H21N3S.ClH/c1-12-15(19-13(2)17-12)11-18(9-8-16)10-14-6-4-3-5-7-14;/h3-7H,8-11,16H2,1-2H3;1H. The van der Waals surface area contributed by atoms with Crippen LogP contribution in [0.3, 0.4) is 0 Å². The second-order valence-electron chi connectivity index (χ2n) is 4.73. The fraction of sp³-hybridized carbons (Fsp3) is 0.400. The first kappa shape index (κ1) is 17.1. The molecule has 0 aliphatic heterocycles. The first-order valence-electron chi connectivity index (χ1n) is 6.58. The normalized spacial score (nSPS) is 10.6. The Hall–Kier alpha value is -0.940. The van der Waals surface area contributed by atoms with E-state index in [1.807, 2.05) is 6.07 Å². The van der Waals surface area contributed by atoms with Gasteiger partial charge in [0.1, 0.15) is 0 Å². The molecular weight excluding hydrogens is 290 g/mol. The third-order valence-electron chi connectivity index (χ3n) is 3.06. The number of nitrogens with two attached hydrogens (primary N) is 1. The number of aryl methyl sites for hydroxylation is 2. The second-order valence-corrected chi connectivity index (χ2v) is 6.01. The highest BCUT2D eigenvalue weighted by atomic mass is 35.5. The van der Waals surface area contributed by atoms with Gasteiger partial charge in [0.15, 0.2) is 0 Å². The Kier molecular flexibility index (Phi) is 7.16. The lowest BCUT2D eigenvalue weighted by molar-refractivity contribution is 0.266. The molecule has 0 aliphatic carbocycles. The second kappa shape index (κ2) is 8.37. The minimum atomic E-state index is 0. The van der Waals surface area contributed by atoms with Gasteiger partial charge in [-0.25, -0.2) is 4.98 Å². The molecule has 0 atom stereocenters. The third-order valence-corrected chi connectivity index (χ3v) is 4.12. The number of benzene rings is 1. The van der Waals surface area contributed by atoms with Crippen molar-refractivity contribution in [3.63, 3.8) is 0 Å². The maximum Gasteiger partial charge on any atom is 0.0900 e. The third kappa shape index (κ3) is 4.87. The highest BCUT2D eigenvalue weighted by Gasteiger charge is 2.11. The number of halogens is 1. The van der Waals surface area contributed by atoms with Crippen molar-refractivity contribution in [2.45, 2.75) is 26.9 Å². The molecule has 20 heavy (non-hydrogen) atoms. The smallest absolute Gasteiger partial charge is 0.0900 e. The molecule has 0 fully saturated rings. The van der Waals surface area contributed by atoms with Crippen molar-refractivity contribution < 1.29 is 0 Å². The fourth-order valence-corrected chi connectivity index (χ4v) is 3.14. The summed E-state index contributed by atoms with van der Waals surface area (Å²) in [7, 11) is 0. The zero-order valence-corrected chi connectivity index (χ0v) is 13.6. The minimum Gasteiger partial charge on any atom is -0.329 e. The quantitative estimate of drug-likeness (QED) is 0.891. The summed E-state index contributed by atoms with van der Waals surface area (Å²) in [6.45, 7) is 7.61. The van der Waals surface area contributed by atoms with E-state index in [9.17, 15) is 0 Å². The van der Waals surface area contributed by atoms with Gasteiger partial charge in [-0.3, -0.25) is 4.90 Å². The predicted molar refractivity (Wildman–Crippen MR) is 88.4 cm³/mol. The Morgan fingerprint density at radius 2 is 1.85 bits per heavy atom. The van der Waals surface area contributed by atoms with E-state index in [1.54, 1.807) is 11.3 Å². The number of hydrogen-bond acceptors (Lipinski definition) is 4. The molecule has 0 radical (unpaired) electrons. The number of thiazole rings is 1. The Morgan fingerprint density at radius 1 is 1.15 bits per heavy atom. The lowest BCUT2D eigenvalue weighted by atomic mass is 10.2. The van der Waals surface area contributed by atoms with E-state index in [0.29, 0.717) is 6.54 Å². The molecule has 3 nitrogen and oxygen atoms in total. The van der Waals surface area contributed by atoms with Gasteiger partial charge in [-0.15, -0.1) is 23.7 Å². The molecule has 0 spiro atoms. The van der Waals surface area contributed by atoms with Gasteiger partial charge >= 0.3 is 0 Å². The summed E-state index contributed by atoms with van der Waals surface area (Å²) in [6, 6.07) is 10.5. The van der Waals surface area contributed by atoms with Crippen LogP contribution in [-0.2, 0) is 13.1 Å². The zero-order chi connectivity index (χ0) is 13.7. The van der Waals surface area contributed by atoms with E-state index < -0.39 is 0 Å². The van der Waals surface area contributed by atoms with Crippen molar-refractivity contribution in [2.75, 3.05) is 13.1 Å². The summed E-state index contributed by atoms with van der Waals surface area (Å²) < 4.78 is 0. The van der Waals surface area contributed by atoms with Crippen molar-refractivity contribution in [3.8, 4) is 0 Å². The van der Waals surface area contributed by atoms with Gasteiger partial charge in [0.25, 0.3) is 0 Å². The van der Waals surface area contributed by atoms with Crippen LogP contribution in [0.15, 0.2) is 30.3 Å². The van der Waals surface area contributed by atoms with Crippen LogP contribution in [0, 0.1) is 13.8 Å². The van der Waals surface area contributed by atoms with Crippen LogP contribution < -0.4 is 5.73 Å². The molecule has 5 heteroatoms. The Bertz CT molecular complexity index is 513. The van der Waals surface area contributed by atoms with Crippen LogP contribution in [0.4, 0.5) is 0 Å². The Morgan fingerprint density at radius 3 is 2.40 bits per heavy atom. The Labute approximate surface area is 131 Å². The molecule has 0 unspecified atom stereocenters. The predicted octanol–water partition coefficient (Wildman–Crippen LogP) is 3.14. The summed E-state index contributed by atoms with van der Waals surface area (Å²) in [5.74, 6) is 0. The van der Waals surface area contributed by atoms with E-state index in [-0.39, 0.29) is 12.4 Å². The molecule has 2 aromatic rings. The zero-order valence-electron chi connectivity index (χ0n) is 12.0. The lowest BCUT2D eigenvalue weighted by Gasteiger charge is -2.21. The van der Waals surface area contributed by atoms with Crippen LogP contribution in [-0.4, -0.2) is 23.0 Å². The Balaban J connectivity index is 0.00000200. The average molecular weight is 312 g/mol. The molecule has 2 N–H and O–H groups in total. The number of rotatable bonds is 6. The molecular formula is C15H22ClN3S. The SMILES string of the molecule is Cc1nc(C)c(CN(CCN)Cc2ccccc2)s1.Cl. The van der Waals surface area contributed by atoms with Crippen molar-refractivity contribution >= 4 is 23.7 Å². The summed E-state index contributed by atoms with van der Waals surface area (Å²) >= 11 is 1.79. The molecule has 0 bridgehead atoms. The van der Waals surface area contributed by atoms with Crippen LogP contribution >= 0.6 is 23.7 Å². The molecule has 110 valence electrons. The van der Waals surface area contributed by atoms with Crippen molar-refractivity contribution in [1.82, 2.24) is 9.88 Å². The van der Waals surface area contributed by atoms with Gasteiger partial charge in [0.2, 0.25) is 0 Å². The summed E-state index contributed by atoms with van der Waals surface area (Å²) in [5.41, 5.74) is 8.21. The molecule has 1 aromatic heterocycles. The van der Waals surface area contributed by atoms with E-state index in [1.165, 1.54) is 10.4 Å². The highest BCUT2D eigenvalue weighted by molar-refractivity contribution is 7.11. The summed E-state index contributed by atoms with van der Waals surface area (Å²) in [4.78, 5) is 8.23. The van der Waals surface area contributed by atoms with Gasteiger partial charge in [-0.1, -0.05) is 30.3 Å². The maximum atomic E-state index is 5.73. The van der Waals surface area contributed by atoms with Crippen molar-refractivity contribution in [1.29, 1.82) is 0 Å². The number of nitrogens with zero attached hydrogens (tertiary/aromatic N) is 2. The molecule has 0 aliphatic rings. The maximum absolute atomic E-state index is 5.73. The van der Waals surface area contributed by atoms with Crippen LogP contribution in [0.5, 0.6) is 0 Å². The first-order valence-corrected chi connectivity index (χ1v) is 7.40. The summed E-state index contributed by atoms with van der Waals surface area (Å²) in [6.07, 6.45) is 0. The van der Waals surface area contributed by atoms with Crippen LogP contribution in [0.25, 0.3) is 0 Å². The minimum absolute atomic E-state index is 0. The topological polar surface area (TPSA) is 42.2 Å². The molecule has 0 saturated heterocycles. The molecule has 0 saturated carbocycles. The molecule has 2 rings (SSSR count). The molecule has 0 amide bonds. The van der Waals surface area contributed by atoms with Gasteiger partial charge < -0.3 is 5.73 Å². The van der Waals surface area contributed by atoms with Gasteiger partial charge in [0, 0.05) is 31.1 Å². The van der Waals surface area contributed by atoms with Gasteiger partial charge in [-0.05, 0) is 19.4 Å². The first-order chi connectivity index (χ1) is 9.19. The summed E-state index contributed by atoms with van der Waals surface area (Å²) in [5, 5.41) is 1.14. The van der Waals surface area contributed by atoms with Crippen molar-refractivity contribution in [2.24, 2.45) is 5.73 Å². The highest BCUT2D eigenvalue weighted by Crippen LogP contribution is 2.20. The van der Waals surface area contributed by atoms with E-state index >= 15 is 0 Å². The van der Waals surface area contributed by atoms with Crippen LogP contribution in [0.1, 0.15) is 21.1 Å². The lowest BCUT2D eigenvalue weighted by Crippen LogP contribution is -2.28. The van der Waals surface area contributed by atoms with E-state index in [0.717, 1.165) is 30.3 Å². The van der Waals surface area contributed by atoms with E-state index in [2.05, 4.69) is 48.0 Å². The van der Waals surface area contributed by atoms with E-state index in [4.69, 9.17) is 5.73 Å². The molecule has 1 heterocycles. The average Bonchev–Trinajstić information content (AvgIpc) is 2.69. The van der Waals surface area contributed by atoms with Gasteiger partial charge in [0.05, 0.1) is 10.7 Å². The monoisotopic (exact) mass is 311 g/mol. The molecule has 1 aromatic carbocycles.